The molecule has 0 bridgehead atoms. The van der Waals surface area contributed by atoms with Gasteiger partial charge in [-0.05, 0) is 55.7 Å². The van der Waals surface area contributed by atoms with Gasteiger partial charge in [-0.15, -0.1) is 0 Å². The lowest BCUT2D eigenvalue weighted by Gasteiger charge is -2.32. The first-order valence-electron chi connectivity index (χ1n) is 10.2. The molecule has 1 aliphatic heterocycles. The number of hydrogen-bond donors (Lipinski definition) is 2. The van der Waals surface area contributed by atoms with Crippen LogP contribution in [0.2, 0.25) is 0 Å². The molecule has 1 saturated heterocycles. The molecule has 1 atom stereocenters. The number of carbonyl (C=O) groups is 2. The molecule has 1 aromatic rings. The number of amides is 3. The lowest BCUT2D eigenvalue weighted by Crippen LogP contribution is -2.49. The molecule has 0 saturated carbocycles. The van der Waals surface area contributed by atoms with Gasteiger partial charge in [-0.2, -0.15) is 0 Å². The minimum Gasteiger partial charge on any atom is -0.336 e. The predicted molar refractivity (Wildman–Crippen MR) is 111 cm³/mol. The first-order valence-corrected chi connectivity index (χ1v) is 10.2. The number of carbonyl (C=O) groups excluding carboxylic acids is 2. The van der Waals surface area contributed by atoms with Crippen molar-refractivity contribution >= 4 is 17.6 Å². The normalized spacial score (nSPS) is 17.5. The molecule has 0 aromatic heterocycles. The number of nitrogens with zero attached hydrogens (tertiary/aromatic N) is 1. The molecule has 0 aliphatic carbocycles. The second-order valence-corrected chi connectivity index (χ2v) is 8.53. The van der Waals surface area contributed by atoms with Crippen LogP contribution in [0, 0.1) is 5.92 Å². The Morgan fingerprint density at radius 2 is 1.78 bits per heavy atom. The molecule has 1 aromatic carbocycles. The van der Waals surface area contributed by atoms with Crippen molar-refractivity contribution in [1.82, 2.24) is 10.2 Å². The summed E-state index contributed by atoms with van der Waals surface area (Å²) in [6, 6.07) is 6.34. The second kappa shape index (κ2) is 9.25. The van der Waals surface area contributed by atoms with E-state index in [1.807, 2.05) is 19.9 Å². The zero-order chi connectivity index (χ0) is 20.1. The predicted octanol–water partition coefficient (Wildman–Crippen LogP) is 4.70. The minimum absolute atomic E-state index is 0.0104. The number of urea groups is 1. The molecule has 2 rings (SSSR count). The first kappa shape index (κ1) is 21.3. The van der Waals surface area contributed by atoms with Crippen LogP contribution in [0.1, 0.15) is 77.3 Å². The smallest absolute Gasteiger partial charge is 0.317 e. The highest BCUT2D eigenvalue weighted by Crippen LogP contribution is 2.29. The zero-order valence-electron chi connectivity index (χ0n) is 17.6. The van der Waals surface area contributed by atoms with Crippen molar-refractivity contribution in [2.75, 3.05) is 18.4 Å². The average Bonchev–Trinajstić information content (AvgIpc) is 2.61. The summed E-state index contributed by atoms with van der Waals surface area (Å²) in [4.78, 5) is 26.9. The molecule has 5 nitrogen and oxygen atoms in total. The molecule has 1 aliphatic rings. The summed E-state index contributed by atoms with van der Waals surface area (Å²) in [7, 11) is 0. The van der Waals surface area contributed by atoms with Crippen molar-refractivity contribution < 1.29 is 9.59 Å². The summed E-state index contributed by atoms with van der Waals surface area (Å²) in [5.74, 6) is 0.634. The quantitative estimate of drug-likeness (QED) is 0.786. The number of rotatable bonds is 5. The van der Waals surface area contributed by atoms with Crippen LogP contribution in [-0.4, -0.2) is 36.0 Å². The SMILES string of the molecule is CC(C)NC(=O)N1CCC[C@H](C(=O)Nc2ccc(C(C)C)cc2C(C)C)C1. The van der Waals surface area contributed by atoms with Crippen molar-refractivity contribution in [2.45, 2.75) is 72.3 Å². The van der Waals surface area contributed by atoms with Crippen molar-refractivity contribution in [3.05, 3.63) is 29.3 Å². The highest BCUT2D eigenvalue weighted by Gasteiger charge is 2.29. The van der Waals surface area contributed by atoms with E-state index in [9.17, 15) is 9.59 Å². The van der Waals surface area contributed by atoms with E-state index in [1.165, 1.54) is 11.1 Å². The zero-order valence-corrected chi connectivity index (χ0v) is 17.6. The van der Waals surface area contributed by atoms with Crippen LogP contribution >= 0.6 is 0 Å². The standard InChI is InChI=1S/C22H35N3O2/c1-14(2)17-9-10-20(19(12-17)15(3)4)24-21(26)18-8-7-11-25(13-18)22(27)23-16(5)6/h9-10,12,14-16,18H,7-8,11,13H2,1-6H3,(H,23,27)(H,24,26)/t18-/m0/s1. The highest BCUT2D eigenvalue weighted by molar-refractivity contribution is 5.94. The summed E-state index contributed by atoms with van der Waals surface area (Å²) in [6.45, 7) is 13.7. The maximum Gasteiger partial charge on any atom is 0.317 e. The lowest BCUT2D eigenvalue weighted by molar-refractivity contribution is -0.121. The highest BCUT2D eigenvalue weighted by atomic mass is 16.2. The van der Waals surface area contributed by atoms with Gasteiger partial charge in [0.25, 0.3) is 0 Å². The van der Waals surface area contributed by atoms with Crippen LogP contribution in [0.15, 0.2) is 18.2 Å². The Kier molecular flexibility index (Phi) is 7.28. The van der Waals surface area contributed by atoms with Crippen molar-refractivity contribution in [2.24, 2.45) is 5.92 Å². The fourth-order valence-electron chi connectivity index (χ4n) is 3.48. The third-order valence-corrected chi connectivity index (χ3v) is 5.11. The van der Waals surface area contributed by atoms with E-state index in [1.54, 1.807) is 4.90 Å². The Morgan fingerprint density at radius 3 is 2.37 bits per heavy atom. The van der Waals surface area contributed by atoms with Gasteiger partial charge in [0.05, 0.1) is 5.92 Å². The molecule has 27 heavy (non-hydrogen) atoms. The van der Waals surface area contributed by atoms with E-state index >= 15 is 0 Å². The van der Waals surface area contributed by atoms with E-state index in [2.05, 4.69) is 50.5 Å². The topological polar surface area (TPSA) is 61.4 Å². The Hall–Kier alpha value is -2.04. The maximum absolute atomic E-state index is 12.9. The van der Waals surface area contributed by atoms with Crippen LogP contribution in [0.25, 0.3) is 0 Å². The fraction of sp³-hybridized carbons (Fsp3) is 0.636. The van der Waals surface area contributed by atoms with Gasteiger partial charge in [-0.25, -0.2) is 4.79 Å². The number of benzene rings is 1. The Morgan fingerprint density at radius 1 is 1.07 bits per heavy atom. The number of nitrogens with one attached hydrogen (secondary N) is 2. The van der Waals surface area contributed by atoms with Crippen LogP contribution in [0.5, 0.6) is 0 Å². The van der Waals surface area contributed by atoms with E-state index in [4.69, 9.17) is 0 Å². The monoisotopic (exact) mass is 373 g/mol. The molecular weight excluding hydrogens is 338 g/mol. The molecule has 0 spiro atoms. The third-order valence-electron chi connectivity index (χ3n) is 5.11. The number of likely N-dealkylation sites (tertiary alicyclic amines) is 1. The van der Waals surface area contributed by atoms with Crippen LogP contribution in [-0.2, 0) is 4.79 Å². The van der Waals surface area contributed by atoms with E-state index in [0.29, 0.717) is 24.9 Å². The van der Waals surface area contributed by atoms with Gasteiger partial charge in [0, 0.05) is 24.8 Å². The minimum atomic E-state index is -0.165. The van der Waals surface area contributed by atoms with Gasteiger partial charge in [0.15, 0.2) is 0 Å². The van der Waals surface area contributed by atoms with Gasteiger partial charge >= 0.3 is 6.03 Å². The van der Waals surface area contributed by atoms with Gasteiger partial charge in [-0.1, -0.05) is 39.8 Å². The first-order chi connectivity index (χ1) is 12.7. The summed E-state index contributed by atoms with van der Waals surface area (Å²) in [5, 5.41) is 6.05. The number of hydrogen-bond acceptors (Lipinski definition) is 2. The molecule has 5 heteroatoms. The summed E-state index contributed by atoms with van der Waals surface area (Å²) in [5.41, 5.74) is 3.34. The maximum atomic E-state index is 12.9. The van der Waals surface area contributed by atoms with E-state index in [-0.39, 0.29) is 23.9 Å². The van der Waals surface area contributed by atoms with Gasteiger partial charge in [0.2, 0.25) is 5.91 Å². The molecule has 3 amide bonds. The lowest BCUT2D eigenvalue weighted by atomic mass is 9.93. The van der Waals surface area contributed by atoms with E-state index in [0.717, 1.165) is 18.5 Å². The molecule has 1 fully saturated rings. The van der Waals surface area contributed by atoms with Crippen molar-refractivity contribution in [3.8, 4) is 0 Å². The third kappa shape index (κ3) is 5.72. The van der Waals surface area contributed by atoms with Gasteiger partial charge < -0.3 is 15.5 Å². The summed E-state index contributed by atoms with van der Waals surface area (Å²) in [6.07, 6.45) is 1.67. The number of piperidine rings is 1. The van der Waals surface area contributed by atoms with Gasteiger partial charge in [0.1, 0.15) is 0 Å². The average molecular weight is 374 g/mol. The van der Waals surface area contributed by atoms with Crippen molar-refractivity contribution in [1.29, 1.82) is 0 Å². The van der Waals surface area contributed by atoms with Gasteiger partial charge in [-0.3, -0.25) is 4.79 Å². The second-order valence-electron chi connectivity index (χ2n) is 8.53. The molecule has 150 valence electrons. The summed E-state index contributed by atoms with van der Waals surface area (Å²) < 4.78 is 0. The van der Waals surface area contributed by atoms with Crippen LogP contribution in [0.4, 0.5) is 10.5 Å². The van der Waals surface area contributed by atoms with Crippen molar-refractivity contribution in [3.63, 3.8) is 0 Å². The Balaban J connectivity index is 2.09. The number of anilines is 1. The molecule has 1 heterocycles. The van der Waals surface area contributed by atoms with Crippen LogP contribution < -0.4 is 10.6 Å². The Labute approximate surface area is 163 Å². The Bertz CT molecular complexity index is 668. The molecule has 2 N–H and O–H groups in total. The fourth-order valence-corrected chi connectivity index (χ4v) is 3.48. The molecule has 0 unspecified atom stereocenters. The van der Waals surface area contributed by atoms with Crippen LogP contribution in [0.3, 0.4) is 0 Å². The molecular formula is C22H35N3O2. The molecule has 0 radical (unpaired) electrons. The summed E-state index contributed by atoms with van der Waals surface area (Å²) >= 11 is 0. The van der Waals surface area contributed by atoms with E-state index < -0.39 is 0 Å². The largest absolute Gasteiger partial charge is 0.336 e.